The van der Waals surface area contributed by atoms with E-state index in [2.05, 4.69) is 45.4 Å². The predicted octanol–water partition coefficient (Wildman–Crippen LogP) is 4.05. The van der Waals surface area contributed by atoms with E-state index in [1.54, 1.807) is 7.11 Å². The molecule has 0 bridgehead atoms. The fraction of sp³-hybridized carbons (Fsp3) is 0.269. The zero-order valence-electron chi connectivity index (χ0n) is 18.0. The number of amides is 1. The zero-order chi connectivity index (χ0) is 21.5. The maximum atomic E-state index is 12.7. The fourth-order valence-electron chi connectivity index (χ4n) is 3.98. The lowest BCUT2D eigenvalue weighted by Crippen LogP contribution is -2.48. The number of anilines is 2. The number of hydrogen-bond acceptors (Lipinski definition) is 4. The number of carbonyl (C=O) groups excluding carboxylic acids is 1. The number of nitrogens with one attached hydrogen (secondary N) is 1. The molecule has 1 fully saturated rings. The molecule has 31 heavy (non-hydrogen) atoms. The van der Waals surface area contributed by atoms with Gasteiger partial charge in [-0.3, -0.25) is 9.69 Å². The largest absolute Gasteiger partial charge is 0.497 e. The van der Waals surface area contributed by atoms with Crippen molar-refractivity contribution >= 4 is 17.3 Å². The van der Waals surface area contributed by atoms with Gasteiger partial charge in [0.05, 0.1) is 13.7 Å². The van der Waals surface area contributed by atoms with Gasteiger partial charge in [0.15, 0.2) is 0 Å². The van der Waals surface area contributed by atoms with E-state index >= 15 is 0 Å². The molecule has 4 rings (SSSR count). The van der Waals surface area contributed by atoms with Gasteiger partial charge in [-0.25, -0.2) is 0 Å². The van der Waals surface area contributed by atoms with Crippen LogP contribution in [-0.4, -0.2) is 50.6 Å². The van der Waals surface area contributed by atoms with Crippen LogP contribution in [0.3, 0.4) is 0 Å². The van der Waals surface area contributed by atoms with Gasteiger partial charge in [-0.05, 0) is 35.7 Å². The Kier molecular flexibility index (Phi) is 6.85. The zero-order valence-corrected chi connectivity index (χ0v) is 18.0. The normalized spacial score (nSPS) is 14.3. The lowest BCUT2D eigenvalue weighted by Gasteiger charge is -2.35. The molecule has 1 saturated heterocycles. The van der Waals surface area contributed by atoms with Crippen LogP contribution in [0.15, 0.2) is 78.9 Å². The summed E-state index contributed by atoms with van der Waals surface area (Å²) < 4.78 is 5.33. The van der Waals surface area contributed by atoms with Crippen molar-refractivity contribution in [2.45, 2.75) is 6.42 Å². The molecule has 0 saturated carbocycles. The second kappa shape index (κ2) is 10.1. The summed E-state index contributed by atoms with van der Waals surface area (Å²) in [6.45, 7) is 3.91. The van der Waals surface area contributed by atoms with Crippen LogP contribution in [0.5, 0.6) is 5.75 Å². The van der Waals surface area contributed by atoms with Crippen LogP contribution < -0.4 is 15.0 Å². The summed E-state index contributed by atoms with van der Waals surface area (Å²) in [5.41, 5.74) is 4.42. The minimum absolute atomic E-state index is 0.0374. The number of benzene rings is 3. The van der Waals surface area contributed by atoms with Gasteiger partial charge in [0.2, 0.25) is 5.91 Å². The molecule has 1 amide bonds. The average molecular weight is 416 g/mol. The highest BCUT2D eigenvalue weighted by atomic mass is 16.5. The first-order valence-electron chi connectivity index (χ1n) is 10.7. The van der Waals surface area contributed by atoms with E-state index in [0.717, 1.165) is 49.6 Å². The van der Waals surface area contributed by atoms with Gasteiger partial charge in [0.25, 0.3) is 0 Å². The van der Waals surface area contributed by atoms with Crippen LogP contribution in [-0.2, 0) is 11.2 Å². The molecule has 0 atom stereocenters. The Balaban J connectivity index is 1.31. The smallest absolute Gasteiger partial charge is 0.238 e. The van der Waals surface area contributed by atoms with Crippen molar-refractivity contribution in [2.75, 3.05) is 50.1 Å². The summed E-state index contributed by atoms with van der Waals surface area (Å²) in [6, 6.07) is 26.5. The first-order chi connectivity index (χ1) is 15.2. The summed E-state index contributed by atoms with van der Waals surface area (Å²) >= 11 is 0. The molecular weight excluding hydrogens is 386 g/mol. The summed E-state index contributed by atoms with van der Waals surface area (Å²) in [4.78, 5) is 17.3. The molecule has 3 aromatic carbocycles. The molecule has 1 heterocycles. The number of para-hydroxylation sites is 1. The van der Waals surface area contributed by atoms with E-state index in [4.69, 9.17) is 4.74 Å². The van der Waals surface area contributed by atoms with Gasteiger partial charge in [-0.15, -0.1) is 0 Å². The lowest BCUT2D eigenvalue weighted by molar-refractivity contribution is -0.117. The summed E-state index contributed by atoms with van der Waals surface area (Å²) in [7, 11) is 1.69. The molecule has 1 aliphatic heterocycles. The van der Waals surface area contributed by atoms with E-state index in [1.807, 2.05) is 48.5 Å². The van der Waals surface area contributed by atoms with Crippen molar-refractivity contribution < 1.29 is 9.53 Å². The maximum absolute atomic E-state index is 12.7. The number of ether oxygens (including phenoxy) is 1. The molecule has 160 valence electrons. The van der Waals surface area contributed by atoms with Crippen LogP contribution in [0.2, 0.25) is 0 Å². The van der Waals surface area contributed by atoms with E-state index in [-0.39, 0.29) is 5.91 Å². The first-order valence-corrected chi connectivity index (χ1v) is 10.7. The van der Waals surface area contributed by atoms with Gasteiger partial charge in [-0.2, -0.15) is 0 Å². The average Bonchev–Trinajstić information content (AvgIpc) is 2.81. The van der Waals surface area contributed by atoms with Crippen LogP contribution in [0.4, 0.5) is 11.4 Å². The Morgan fingerprint density at radius 2 is 1.65 bits per heavy atom. The second-order valence-electron chi connectivity index (χ2n) is 7.83. The van der Waals surface area contributed by atoms with Crippen LogP contribution in [0.25, 0.3) is 0 Å². The summed E-state index contributed by atoms with van der Waals surface area (Å²) in [5, 5.41) is 3.13. The number of carbonyl (C=O) groups is 1. The number of hydrogen-bond donors (Lipinski definition) is 1. The monoisotopic (exact) mass is 415 g/mol. The SMILES string of the molecule is COc1cccc(N2CCN(CC(=O)Nc3ccccc3Cc3ccccc3)CC2)c1. The fourth-order valence-corrected chi connectivity index (χ4v) is 3.98. The lowest BCUT2D eigenvalue weighted by atomic mass is 10.0. The third kappa shape index (κ3) is 5.64. The number of piperazine rings is 1. The van der Waals surface area contributed by atoms with Gasteiger partial charge < -0.3 is 15.0 Å². The highest BCUT2D eigenvalue weighted by Crippen LogP contribution is 2.22. The Bertz CT molecular complexity index is 998. The van der Waals surface area contributed by atoms with Gasteiger partial charge >= 0.3 is 0 Å². The van der Waals surface area contributed by atoms with Crippen molar-refractivity contribution in [2.24, 2.45) is 0 Å². The van der Waals surface area contributed by atoms with Crippen molar-refractivity contribution in [3.8, 4) is 5.75 Å². The van der Waals surface area contributed by atoms with Gasteiger partial charge in [-0.1, -0.05) is 54.6 Å². The Morgan fingerprint density at radius 3 is 2.42 bits per heavy atom. The van der Waals surface area contributed by atoms with Crippen molar-refractivity contribution in [3.05, 3.63) is 90.0 Å². The molecule has 3 aromatic rings. The van der Waals surface area contributed by atoms with Crippen LogP contribution >= 0.6 is 0 Å². The molecule has 1 N–H and O–H groups in total. The quantitative estimate of drug-likeness (QED) is 0.632. The number of methoxy groups -OCH3 is 1. The second-order valence-corrected chi connectivity index (χ2v) is 7.83. The molecule has 0 aliphatic carbocycles. The van der Waals surface area contributed by atoms with E-state index in [9.17, 15) is 4.79 Å². The van der Waals surface area contributed by atoms with E-state index in [0.29, 0.717) is 6.54 Å². The Hall–Kier alpha value is -3.31. The molecule has 1 aliphatic rings. The summed E-state index contributed by atoms with van der Waals surface area (Å²) in [5.74, 6) is 0.906. The van der Waals surface area contributed by atoms with E-state index in [1.165, 1.54) is 11.3 Å². The predicted molar refractivity (Wildman–Crippen MR) is 126 cm³/mol. The van der Waals surface area contributed by atoms with Gasteiger partial charge in [0, 0.05) is 43.6 Å². The number of rotatable bonds is 7. The van der Waals surface area contributed by atoms with Crippen molar-refractivity contribution in [3.63, 3.8) is 0 Å². The maximum Gasteiger partial charge on any atom is 0.238 e. The standard InChI is InChI=1S/C26H29N3O2/c1-31-24-12-7-11-23(19-24)29-16-14-28(15-17-29)20-26(30)27-25-13-6-5-10-22(25)18-21-8-3-2-4-9-21/h2-13,19H,14-18,20H2,1H3,(H,27,30). The third-order valence-corrected chi connectivity index (χ3v) is 5.69. The van der Waals surface area contributed by atoms with E-state index < -0.39 is 0 Å². The molecule has 0 unspecified atom stereocenters. The van der Waals surface area contributed by atoms with Crippen LogP contribution in [0.1, 0.15) is 11.1 Å². The van der Waals surface area contributed by atoms with Gasteiger partial charge in [0.1, 0.15) is 5.75 Å². The highest BCUT2D eigenvalue weighted by Gasteiger charge is 2.20. The molecule has 5 heteroatoms. The Morgan fingerprint density at radius 1 is 0.903 bits per heavy atom. The Labute approximate surface area is 184 Å². The molecule has 0 spiro atoms. The van der Waals surface area contributed by atoms with Crippen LogP contribution in [0, 0.1) is 0 Å². The first kappa shape index (κ1) is 20.9. The number of nitrogens with zero attached hydrogens (tertiary/aromatic N) is 2. The highest BCUT2D eigenvalue weighted by molar-refractivity contribution is 5.93. The topological polar surface area (TPSA) is 44.8 Å². The summed E-state index contributed by atoms with van der Waals surface area (Å²) in [6.07, 6.45) is 0.802. The molecule has 0 radical (unpaired) electrons. The minimum atomic E-state index is 0.0374. The molecule has 5 nitrogen and oxygen atoms in total. The molecular formula is C26H29N3O2. The van der Waals surface area contributed by atoms with Crippen molar-refractivity contribution in [1.29, 1.82) is 0 Å². The van der Waals surface area contributed by atoms with Crippen molar-refractivity contribution in [1.82, 2.24) is 4.90 Å². The minimum Gasteiger partial charge on any atom is -0.497 e. The third-order valence-electron chi connectivity index (χ3n) is 5.69. The molecule has 0 aromatic heterocycles.